The number of primary sulfonamides is 1. The topological polar surface area (TPSA) is 151 Å². The molecule has 3 N–H and O–H groups in total. The van der Waals surface area contributed by atoms with Gasteiger partial charge < -0.3 is 19.5 Å². The Balaban J connectivity index is 1.74. The molecule has 3 aromatic carbocycles. The normalized spacial score (nSPS) is 10.9. The SMILES string of the molecule is CCCOc1ccc(C(=O)c2ccccc2C(=O)OCC(=O)Nc2cccc(S(N)(=O)=O)c2)cc1OCCC. The van der Waals surface area contributed by atoms with E-state index in [1.54, 1.807) is 30.3 Å². The Labute approximate surface area is 227 Å². The first-order chi connectivity index (χ1) is 18.6. The van der Waals surface area contributed by atoms with Crippen molar-refractivity contribution in [2.75, 3.05) is 25.1 Å². The van der Waals surface area contributed by atoms with Crippen molar-refractivity contribution in [1.82, 2.24) is 0 Å². The van der Waals surface area contributed by atoms with Gasteiger partial charge in [0.15, 0.2) is 23.9 Å². The van der Waals surface area contributed by atoms with E-state index in [1.807, 2.05) is 13.8 Å². The Morgan fingerprint density at radius 1 is 0.821 bits per heavy atom. The number of hydrogen-bond donors (Lipinski definition) is 2. The van der Waals surface area contributed by atoms with Crippen LogP contribution in [0, 0.1) is 0 Å². The molecule has 0 unspecified atom stereocenters. The van der Waals surface area contributed by atoms with Gasteiger partial charge in [0.2, 0.25) is 10.0 Å². The van der Waals surface area contributed by atoms with Gasteiger partial charge >= 0.3 is 5.97 Å². The van der Waals surface area contributed by atoms with Crippen LogP contribution in [-0.4, -0.2) is 45.9 Å². The van der Waals surface area contributed by atoms with E-state index >= 15 is 0 Å². The predicted octanol–water partition coefficient (Wildman–Crippen LogP) is 3.94. The number of carbonyl (C=O) groups excluding carboxylic acids is 3. The molecule has 0 heterocycles. The molecule has 3 rings (SSSR count). The Kier molecular flexibility index (Phi) is 10.2. The van der Waals surface area contributed by atoms with Crippen molar-refractivity contribution in [3.8, 4) is 11.5 Å². The van der Waals surface area contributed by atoms with E-state index < -0.39 is 34.3 Å². The van der Waals surface area contributed by atoms with Crippen molar-refractivity contribution >= 4 is 33.4 Å². The fourth-order valence-electron chi connectivity index (χ4n) is 3.48. The second-order valence-electron chi connectivity index (χ2n) is 8.43. The number of benzene rings is 3. The summed E-state index contributed by atoms with van der Waals surface area (Å²) >= 11 is 0. The fraction of sp³-hybridized carbons (Fsp3) is 0.250. The van der Waals surface area contributed by atoms with E-state index in [4.69, 9.17) is 19.3 Å². The molecule has 206 valence electrons. The molecule has 39 heavy (non-hydrogen) atoms. The van der Waals surface area contributed by atoms with Crippen molar-refractivity contribution in [1.29, 1.82) is 0 Å². The summed E-state index contributed by atoms with van der Waals surface area (Å²) in [5.74, 6) is -1.07. The number of esters is 1. The molecule has 0 aliphatic rings. The molecule has 0 spiro atoms. The number of amides is 1. The quantitative estimate of drug-likeness (QED) is 0.238. The summed E-state index contributed by atoms with van der Waals surface area (Å²) in [5.41, 5.74) is 0.518. The maximum atomic E-state index is 13.4. The minimum Gasteiger partial charge on any atom is -0.490 e. The van der Waals surface area contributed by atoms with Crippen LogP contribution >= 0.6 is 0 Å². The van der Waals surface area contributed by atoms with Gasteiger partial charge in [-0.1, -0.05) is 38.1 Å². The Morgan fingerprint density at radius 2 is 1.49 bits per heavy atom. The lowest BCUT2D eigenvalue weighted by Gasteiger charge is -2.14. The van der Waals surface area contributed by atoms with Crippen LogP contribution in [0.15, 0.2) is 71.6 Å². The van der Waals surface area contributed by atoms with Crippen LogP contribution in [0.3, 0.4) is 0 Å². The van der Waals surface area contributed by atoms with Crippen molar-refractivity contribution < 1.29 is 37.0 Å². The zero-order valence-electron chi connectivity index (χ0n) is 21.6. The minimum atomic E-state index is -3.96. The van der Waals surface area contributed by atoms with Crippen molar-refractivity contribution in [2.45, 2.75) is 31.6 Å². The molecule has 0 aliphatic heterocycles. The largest absolute Gasteiger partial charge is 0.490 e. The van der Waals surface area contributed by atoms with Crippen LogP contribution in [0.2, 0.25) is 0 Å². The molecule has 0 fully saturated rings. The summed E-state index contributed by atoms with van der Waals surface area (Å²) in [4.78, 5) is 38.3. The van der Waals surface area contributed by atoms with E-state index in [0.717, 1.165) is 12.8 Å². The average molecular weight is 555 g/mol. The summed E-state index contributed by atoms with van der Waals surface area (Å²) in [6, 6.07) is 16.3. The molecule has 0 aliphatic carbocycles. The van der Waals surface area contributed by atoms with Crippen molar-refractivity contribution in [3.05, 3.63) is 83.4 Å². The number of sulfonamides is 1. The molecule has 3 aromatic rings. The van der Waals surface area contributed by atoms with E-state index in [0.29, 0.717) is 24.7 Å². The van der Waals surface area contributed by atoms with Crippen LogP contribution in [0.4, 0.5) is 5.69 Å². The van der Waals surface area contributed by atoms with Crippen molar-refractivity contribution in [3.63, 3.8) is 0 Å². The van der Waals surface area contributed by atoms with E-state index in [2.05, 4.69) is 5.32 Å². The van der Waals surface area contributed by atoms with Crippen LogP contribution < -0.4 is 19.9 Å². The highest BCUT2D eigenvalue weighted by atomic mass is 32.2. The molecular weight excluding hydrogens is 524 g/mol. The second-order valence-corrected chi connectivity index (χ2v) is 9.99. The van der Waals surface area contributed by atoms with Gasteiger partial charge in [-0.3, -0.25) is 9.59 Å². The summed E-state index contributed by atoms with van der Waals surface area (Å²) in [6.07, 6.45) is 1.58. The van der Waals surface area contributed by atoms with E-state index in [-0.39, 0.29) is 27.3 Å². The third kappa shape index (κ3) is 8.13. The summed E-state index contributed by atoms with van der Waals surface area (Å²) in [7, 11) is -3.96. The van der Waals surface area contributed by atoms with Crippen LogP contribution in [0.25, 0.3) is 0 Å². The molecule has 0 bridgehead atoms. The number of carbonyl (C=O) groups is 3. The van der Waals surface area contributed by atoms with Gasteiger partial charge in [0.05, 0.1) is 23.7 Å². The first-order valence-corrected chi connectivity index (χ1v) is 13.8. The molecule has 0 aromatic heterocycles. The van der Waals surface area contributed by atoms with Gasteiger partial charge in [-0.25, -0.2) is 18.4 Å². The van der Waals surface area contributed by atoms with Gasteiger partial charge in [-0.05, 0) is 55.3 Å². The first-order valence-electron chi connectivity index (χ1n) is 12.3. The maximum absolute atomic E-state index is 13.4. The van der Waals surface area contributed by atoms with E-state index in [1.165, 1.54) is 36.4 Å². The van der Waals surface area contributed by atoms with Gasteiger partial charge in [-0.2, -0.15) is 0 Å². The standard InChI is InChI=1S/C28H30N2O8S/c1-3-14-36-24-13-12-19(16-25(24)37-15-4-2)27(32)22-10-5-6-11-23(22)28(33)38-18-26(31)30-20-8-7-9-21(17-20)39(29,34)35/h5-13,16-17H,3-4,14-15,18H2,1-2H3,(H,30,31)(H2,29,34,35). The van der Waals surface area contributed by atoms with Gasteiger partial charge in [0.25, 0.3) is 5.91 Å². The Hall–Kier alpha value is -4.22. The average Bonchev–Trinajstić information content (AvgIpc) is 2.93. The molecular formula is C28H30N2O8S. The maximum Gasteiger partial charge on any atom is 0.339 e. The number of anilines is 1. The number of nitrogens with two attached hydrogens (primary N) is 1. The second kappa shape index (κ2) is 13.5. The smallest absolute Gasteiger partial charge is 0.339 e. The van der Waals surface area contributed by atoms with Crippen molar-refractivity contribution in [2.24, 2.45) is 5.14 Å². The summed E-state index contributed by atoms with van der Waals surface area (Å²) in [5, 5.41) is 7.54. The minimum absolute atomic E-state index is 0.0196. The molecule has 0 radical (unpaired) electrons. The highest BCUT2D eigenvalue weighted by Gasteiger charge is 2.21. The lowest BCUT2D eigenvalue weighted by molar-refractivity contribution is -0.119. The Bertz CT molecular complexity index is 1450. The summed E-state index contributed by atoms with van der Waals surface area (Å²) in [6.45, 7) is 4.22. The number of hydrogen-bond acceptors (Lipinski definition) is 8. The zero-order chi connectivity index (χ0) is 28.4. The Morgan fingerprint density at radius 3 is 2.15 bits per heavy atom. The number of nitrogens with one attached hydrogen (secondary N) is 1. The molecule has 11 heteroatoms. The third-order valence-electron chi connectivity index (χ3n) is 5.30. The number of ketones is 1. The molecule has 0 atom stereocenters. The lowest BCUT2D eigenvalue weighted by atomic mass is 9.98. The van der Waals surface area contributed by atoms with Gasteiger partial charge in [0, 0.05) is 16.8 Å². The van der Waals surface area contributed by atoms with Gasteiger partial charge in [-0.15, -0.1) is 0 Å². The van der Waals surface area contributed by atoms with Crippen LogP contribution in [0.5, 0.6) is 11.5 Å². The molecule has 1 amide bonds. The monoisotopic (exact) mass is 554 g/mol. The first kappa shape index (κ1) is 29.3. The number of ether oxygens (including phenoxy) is 3. The fourth-order valence-corrected chi connectivity index (χ4v) is 4.04. The highest BCUT2D eigenvalue weighted by Crippen LogP contribution is 2.30. The molecule has 10 nitrogen and oxygen atoms in total. The molecule has 0 saturated heterocycles. The zero-order valence-corrected chi connectivity index (χ0v) is 22.5. The highest BCUT2D eigenvalue weighted by molar-refractivity contribution is 7.89. The van der Waals surface area contributed by atoms with Crippen LogP contribution in [-0.2, 0) is 19.6 Å². The number of rotatable bonds is 13. The van der Waals surface area contributed by atoms with Crippen LogP contribution in [0.1, 0.15) is 53.0 Å². The predicted molar refractivity (Wildman–Crippen MR) is 145 cm³/mol. The van der Waals surface area contributed by atoms with Gasteiger partial charge in [0.1, 0.15) is 0 Å². The van der Waals surface area contributed by atoms with E-state index in [9.17, 15) is 22.8 Å². The lowest BCUT2D eigenvalue weighted by Crippen LogP contribution is -2.22. The summed E-state index contributed by atoms with van der Waals surface area (Å²) < 4.78 is 39.7. The molecule has 0 saturated carbocycles. The third-order valence-corrected chi connectivity index (χ3v) is 6.21.